The number of benzene rings is 1. The van der Waals surface area contributed by atoms with Crippen LogP contribution >= 0.6 is 11.6 Å². The van der Waals surface area contributed by atoms with Crippen molar-refractivity contribution in [1.82, 2.24) is 10.6 Å². The topological polar surface area (TPSA) is 50.4 Å². The number of piperidine rings is 1. The molecule has 2 saturated heterocycles. The number of ether oxygens (including phenoxy) is 1. The number of nitrogens with one attached hydrogen (secondary N) is 2. The van der Waals surface area contributed by atoms with Crippen molar-refractivity contribution in [3.63, 3.8) is 0 Å². The van der Waals surface area contributed by atoms with Gasteiger partial charge in [-0.2, -0.15) is 0 Å². The van der Waals surface area contributed by atoms with Crippen LogP contribution in [0.4, 0.5) is 0 Å². The minimum Gasteiger partial charge on any atom is -0.381 e. The third-order valence-corrected chi connectivity index (χ3v) is 5.50. The van der Waals surface area contributed by atoms with Gasteiger partial charge in [0.2, 0.25) is 5.91 Å². The Morgan fingerprint density at radius 1 is 1.39 bits per heavy atom. The highest BCUT2D eigenvalue weighted by Gasteiger charge is 2.43. The van der Waals surface area contributed by atoms with E-state index in [1.807, 2.05) is 24.3 Å². The zero-order valence-electron chi connectivity index (χ0n) is 13.6. The Labute approximate surface area is 142 Å². The van der Waals surface area contributed by atoms with Crippen LogP contribution in [0, 0.1) is 5.92 Å². The van der Waals surface area contributed by atoms with Crippen molar-refractivity contribution >= 4 is 17.5 Å². The minimum absolute atomic E-state index is 0.127. The van der Waals surface area contributed by atoms with Gasteiger partial charge in [0.05, 0.1) is 5.41 Å². The van der Waals surface area contributed by atoms with E-state index in [0.29, 0.717) is 37.0 Å². The quantitative estimate of drug-likeness (QED) is 0.891. The average molecular weight is 337 g/mol. The molecule has 5 heteroatoms. The molecule has 0 radical (unpaired) electrons. The molecule has 2 heterocycles. The highest BCUT2D eigenvalue weighted by Crippen LogP contribution is 2.36. The smallest absolute Gasteiger partial charge is 0.231 e. The summed E-state index contributed by atoms with van der Waals surface area (Å²) in [5.74, 6) is 0.575. The van der Waals surface area contributed by atoms with Gasteiger partial charge in [0.25, 0.3) is 0 Å². The molecule has 2 unspecified atom stereocenters. The molecule has 0 aromatic heterocycles. The van der Waals surface area contributed by atoms with E-state index in [-0.39, 0.29) is 11.9 Å². The minimum atomic E-state index is -0.520. The van der Waals surface area contributed by atoms with Crippen LogP contribution in [0.2, 0.25) is 5.02 Å². The number of rotatable bonds is 3. The van der Waals surface area contributed by atoms with Crippen molar-refractivity contribution in [2.45, 2.75) is 37.6 Å². The summed E-state index contributed by atoms with van der Waals surface area (Å²) in [5.41, 5.74) is 0.487. The van der Waals surface area contributed by atoms with E-state index in [2.05, 4.69) is 17.6 Å². The van der Waals surface area contributed by atoms with Gasteiger partial charge in [0.1, 0.15) is 0 Å². The van der Waals surface area contributed by atoms with Crippen molar-refractivity contribution < 1.29 is 9.53 Å². The van der Waals surface area contributed by atoms with Gasteiger partial charge in [-0.3, -0.25) is 4.79 Å². The van der Waals surface area contributed by atoms with Gasteiger partial charge >= 0.3 is 0 Å². The number of hydrogen-bond acceptors (Lipinski definition) is 3. The van der Waals surface area contributed by atoms with E-state index >= 15 is 0 Å². The van der Waals surface area contributed by atoms with Crippen LogP contribution in [0.15, 0.2) is 24.3 Å². The first-order chi connectivity index (χ1) is 11.1. The molecule has 1 amide bonds. The van der Waals surface area contributed by atoms with Crippen molar-refractivity contribution in [3.05, 3.63) is 34.9 Å². The lowest BCUT2D eigenvalue weighted by molar-refractivity contribution is -0.131. The van der Waals surface area contributed by atoms with Crippen molar-refractivity contribution in [2.75, 3.05) is 26.3 Å². The van der Waals surface area contributed by atoms with Crippen LogP contribution in [-0.2, 0) is 14.9 Å². The summed E-state index contributed by atoms with van der Waals surface area (Å²) in [6, 6.07) is 7.96. The maximum Gasteiger partial charge on any atom is 0.231 e. The van der Waals surface area contributed by atoms with Crippen LogP contribution in [-0.4, -0.2) is 38.3 Å². The van der Waals surface area contributed by atoms with Gasteiger partial charge in [-0.1, -0.05) is 30.7 Å². The molecule has 0 aliphatic carbocycles. The summed E-state index contributed by atoms with van der Waals surface area (Å²) in [6.45, 7) is 5.33. The molecule has 2 aliphatic rings. The molecule has 2 atom stereocenters. The maximum atomic E-state index is 13.2. The van der Waals surface area contributed by atoms with Crippen molar-refractivity contribution in [2.24, 2.45) is 5.92 Å². The second kappa shape index (κ2) is 7.20. The van der Waals surface area contributed by atoms with E-state index in [9.17, 15) is 4.79 Å². The lowest BCUT2D eigenvalue weighted by Crippen LogP contribution is -2.55. The van der Waals surface area contributed by atoms with Crippen LogP contribution < -0.4 is 10.6 Å². The third kappa shape index (κ3) is 3.54. The van der Waals surface area contributed by atoms with Gasteiger partial charge in [0, 0.05) is 24.3 Å². The lowest BCUT2D eigenvalue weighted by atomic mass is 9.73. The first-order valence-electron chi connectivity index (χ1n) is 8.47. The number of hydrogen-bond donors (Lipinski definition) is 2. The average Bonchev–Trinajstić information content (AvgIpc) is 2.57. The molecule has 2 aliphatic heterocycles. The molecule has 4 nitrogen and oxygen atoms in total. The van der Waals surface area contributed by atoms with Crippen molar-refractivity contribution in [3.8, 4) is 0 Å². The van der Waals surface area contributed by atoms with Crippen LogP contribution in [0.25, 0.3) is 0 Å². The van der Waals surface area contributed by atoms with E-state index in [0.717, 1.165) is 25.1 Å². The van der Waals surface area contributed by atoms with E-state index in [4.69, 9.17) is 16.3 Å². The Hall–Kier alpha value is -1.10. The molecule has 2 N–H and O–H groups in total. The normalized spacial score (nSPS) is 27.4. The van der Waals surface area contributed by atoms with Crippen molar-refractivity contribution in [1.29, 1.82) is 0 Å². The summed E-state index contributed by atoms with van der Waals surface area (Å²) >= 11 is 6.17. The Kier molecular flexibility index (Phi) is 5.24. The zero-order valence-corrected chi connectivity index (χ0v) is 14.4. The summed E-state index contributed by atoms with van der Waals surface area (Å²) in [4.78, 5) is 13.2. The molecular weight excluding hydrogens is 312 g/mol. The standard InChI is InChI=1S/C18H25ClN2O2/c1-13-12-20-8-5-16(13)21-17(22)18(6-9-23-10-7-18)14-3-2-4-15(19)11-14/h2-4,11,13,16,20H,5-10,12H2,1H3,(H,21,22). The van der Waals surface area contributed by atoms with E-state index in [1.165, 1.54) is 0 Å². The Morgan fingerprint density at radius 3 is 2.87 bits per heavy atom. The van der Waals surface area contributed by atoms with E-state index in [1.54, 1.807) is 0 Å². The fraction of sp³-hybridized carbons (Fsp3) is 0.611. The van der Waals surface area contributed by atoms with Gasteiger partial charge < -0.3 is 15.4 Å². The highest BCUT2D eigenvalue weighted by molar-refractivity contribution is 6.30. The highest BCUT2D eigenvalue weighted by atomic mass is 35.5. The zero-order chi connectivity index (χ0) is 16.3. The number of carbonyl (C=O) groups is 1. The van der Waals surface area contributed by atoms with Crippen LogP contribution in [0.5, 0.6) is 0 Å². The third-order valence-electron chi connectivity index (χ3n) is 5.26. The Balaban J connectivity index is 1.84. The first-order valence-corrected chi connectivity index (χ1v) is 8.85. The number of carbonyl (C=O) groups excluding carboxylic acids is 1. The molecule has 0 spiro atoms. The maximum absolute atomic E-state index is 13.2. The molecular formula is C18H25ClN2O2. The first kappa shape index (κ1) is 16.7. The summed E-state index contributed by atoms with van der Waals surface area (Å²) < 4.78 is 5.51. The Morgan fingerprint density at radius 2 is 2.17 bits per heavy atom. The summed E-state index contributed by atoms with van der Waals surface area (Å²) in [5, 5.41) is 7.37. The summed E-state index contributed by atoms with van der Waals surface area (Å²) in [7, 11) is 0. The molecule has 3 rings (SSSR count). The second-order valence-corrected chi connectivity index (χ2v) is 7.19. The molecule has 0 saturated carbocycles. The number of halogens is 1. The molecule has 1 aromatic rings. The largest absolute Gasteiger partial charge is 0.381 e. The molecule has 126 valence electrons. The van der Waals surface area contributed by atoms with Gasteiger partial charge in [-0.05, 0) is 56.0 Å². The second-order valence-electron chi connectivity index (χ2n) is 6.75. The predicted molar refractivity (Wildman–Crippen MR) is 91.8 cm³/mol. The molecule has 2 fully saturated rings. The fourth-order valence-corrected chi connectivity index (χ4v) is 3.88. The van der Waals surface area contributed by atoms with E-state index < -0.39 is 5.41 Å². The van der Waals surface area contributed by atoms with Gasteiger partial charge in [-0.15, -0.1) is 0 Å². The van der Waals surface area contributed by atoms with Gasteiger partial charge in [0.15, 0.2) is 0 Å². The van der Waals surface area contributed by atoms with Gasteiger partial charge in [-0.25, -0.2) is 0 Å². The lowest BCUT2D eigenvalue weighted by Gasteiger charge is -2.39. The fourth-order valence-electron chi connectivity index (χ4n) is 3.69. The van der Waals surface area contributed by atoms with Crippen LogP contribution in [0.1, 0.15) is 31.7 Å². The molecule has 1 aromatic carbocycles. The monoisotopic (exact) mass is 336 g/mol. The SMILES string of the molecule is CC1CNCCC1NC(=O)C1(c2cccc(Cl)c2)CCOCC1. The molecule has 23 heavy (non-hydrogen) atoms. The van der Waals surface area contributed by atoms with Crippen LogP contribution in [0.3, 0.4) is 0 Å². The Bertz CT molecular complexity index is 558. The summed E-state index contributed by atoms with van der Waals surface area (Å²) in [6.07, 6.45) is 2.39. The number of amides is 1. The predicted octanol–water partition coefficient (Wildman–Crippen LogP) is 2.50. The molecule has 0 bridgehead atoms.